The first-order valence-electron chi connectivity index (χ1n) is 7.36. The second kappa shape index (κ2) is 5.79. The smallest absolute Gasteiger partial charge is 0.265 e. The molecule has 0 bridgehead atoms. The summed E-state index contributed by atoms with van der Waals surface area (Å²) < 4.78 is 29.0. The number of rotatable bonds is 3. The summed E-state index contributed by atoms with van der Waals surface area (Å²) in [7, 11) is -3.31. The molecule has 20 heavy (non-hydrogen) atoms. The van der Waals surface area contributed by atoms with Gasteiger partial charge in [-0.05, 0) is 43.4 Å². The molecule has 2 fully saturated rings. The second-order valence-corrected chi connectivity index (χ2v) is 7.40. The summed E-state index contributed by atoms with van der Waals surface area (Å²) in [5.74, 6) is 0. The average Bonchev–Trinajstić information content (AvgIpc) is 2.99. The molecule has 2 aliphatic rings. The molecule has 6 heteroatoms. The molecule has 1 atom stereocenters. The standard InChI is InChI=1S/C14H21N3O2S/c18-20(19,16-10-2-1-3-11-16)17-12-4-5-14(17)13-6-8-15-9-7-13/h6-9,14H,1-5,10-12H2/t14-/m1/s1. The van der Waals surface area contributed by atoms with E-state index in [1.54, 1.807) is 21.0 Å². The van der Waals surface area contributed by atoms with Crippen LogP contribution in [0.25, 0.3) is 0 Å². The number of piperidine rings is 1. The summed E-state index contributed by atoms with van der Waals surface area (Å²) in [6.45, 7) is 1.97. The van der Waals surface area contributed by atoms with E-state index in [4.69, 9.17) is 0 Å². The predicted octanol–water partition coefficient (Wildman–Crippen LogP) is 1.95. The lowest BCUT2D eigenvalue weighted by Gasteiger charge is -2.33. The molecule has 3 rings (SSSR count). The Bertz CT molecular complexity index is 541. The summed E-state index contributed by atoms with van der Waals surface area (Å²) in [6, 6.07) is 3.83. The zero-order valence-electron chi connectivity index (χ0n) is 11.6. The van der Waals surface area contributed by atoms with Crippen molar-refractivity contribution >= 4 is 10.2 Å². The van der Waals surface area contributed by atoms with Crippen molar-refractivity contribution in [1.82, 2.24) is 13.6 Å². The van der Waals surface area contributed by atoms with Crippen LogP contribution >= 0.6 is 0 Å². The molecule has 0 N–H and O–H groups in total. The minimum absolute atomic E-state index is 0.0232. The fourth-order valence-electron chi connectivity index (χ4n) is 3.18. The third-order valence-electron chi connectivity index (χ3n) is 4.23. The fraction of sp³-hybridized carbons (Fsp3) is 0.643. The van der Waals surface area contributed by atoms with Gasteiger partial charge in [0.25, 0.3) is 10.2 Å². The minimum atomic E-state index is -3.31. The summed E-state index contributed by atoms with van der Waals surface area (Å²) in [6.07, 6.45) is 8.40. The van der Waals surface area contributed by atoms with Gasteiger partial charge in [0.15, 0.2) is 0 Å². The van der Waals surface area contributed by atoms with E-state index < -0.39 is 10.2 Å². The van der Waals surface area contributed by atoms with Crippen LogP contribution in [0.4, 0.5) is 0 Å². The Morgan fingerprint density at radius 2 is 1.70 bits per heavy atom. The van der Waals surface area contributed by atoms with Crippen molar-refractivity contribution in [2.24, 2.45) is 0 Å². The van der Waals surface area contributed by atoms with Gasteiger partial charge in [-0.2, -0.15) is 17.0 Å². The first-order chi connectivity index (χ1) is 9.69. The quantitative estimate of drug-likeness (QED) is 0.856. The maximum atomic E-state index is 12.8. The van der Waals surface area contributed by atoms with Crippen molar-refractivity contribution in [2.45, 2.75) is 38.1 Å². The van der Waals surface area contributed by atoms with Gasteiger partial charge in [-0.3, -0.25) is 4.98 Å². The van der Waals surface area contributed by atoms with E-state index in [0.717, 1.165) is 37.7 Å². The summed E-state index contributed by atoms with van der Waals surface area (Å²) in [5, 5.41) is 0. The molecular formula is C14H21N3O2S. The molecule has 0 saturated carbocycles. The molecule has 0 amide bonds. The Morgan fingerprint density at radius 3 is 2.40 bits per heavy atom. The summed E-state index contributed by atoms with van der Waals surface area (Å²) >= 11 is 0. The van der Waals surface area contributed by atoms with Gasteiger partial charge in [0.05, 0.1) is 6.04 Å². The monoisotopic (exact) mass is 295 g/mol. The van der Waals surface area contributed by atoms with Crippen LogP contribution in [0.15, 0.2) is 24.5 Å². The van der Waals surface area contributed by atoms with E-state index in [-0.39, 0.29) is 6.04 Å². The lowest BCUT2D eigenvalue weighted by molar-refractivity contribution is 0.296. The third kappa shape index (κ3) is 2.60. The van der Waals surface area contributed by atoms with Crippen LogP contribution in [0.1, 0.15) is 43.7 Å². The molecule has 2 saturated heterocycles. The van der Waals surface area contributed by atoms with E-state index in [2.05, 4.69) is 4.98 Å². The van der Waals surface area contributed by atoms with E-state index >= 15 is 0 Å². The van der Waals surface area contributed by atoms with Gasteiger partial charge in [0.2, 0.25) is 0 Å². The number of nitrogens with zero attached hydrogens (tertiary/aromatic N) is 3. The molecule has 0 unspecified atom stereocenters. The lowest BCUT2D eigenvalue weighted by atomic mass is 10.1. The number of hydrogen-bond acceptors (Lipinski definition) is 3. The Morgan fingerprint density at radius 1 is 1.00 bits per heavy atom. The van der Waals surface area contributed by atoms with Crippen molar-refractivity contribution in [1.29, 1.82) is 0 Å². The highest BCUT2D eigenvalue weighted by molar-refractivity contribution is 7.86. The van der Waals surface area contributed by atoms with Crippen LogP contribution in [-0.4, -0.2) is 41.6 Å². The van der Waals surface area contributed by atoms with Crippen LogP contribution < -0.4 is 0 Å². The molecule has 0 aliphatic carbocycles. The molecule has 1 aromatic heterocycles. The van der Waals surface area contributed by atoms with Crippen LogP contribution in [0, 0.1) is 0 Å². The summed E-state index contributed by atoms with van der Waals surface area (Å²) in [4.78, 5) is 4.02. The molecule has 0 aromatic carbocycles. The Hall–Kier alpha value is -0.980. The topological polar surface area (TPSA) is 53.5 Å². The third-order valence-corrected chi connectivity index (χ3v) is 6.28. The highest BCUT2D eigenvalue weighted by Gasteiger charge is 2.38. The van der Waals surface area contributed by atoms with E-state index in [9.17, 15) is 8.42 Å². The Balaban J connectivity index is 1.84. The maximum Gasteiger partial charge on any atom is 0.282 e. The summed E-state index contributed by atoms with van der Waals surface area (Å²) in [5.41, 5.74) is 1.05. The van der Waals surface area contributed by atoms with Gasteiger partial charge in [0.1, 0.15) is 0 Å². The SMILES string of the molecule is O=S(=O)(N1CCCCC1)N1CCC[C@@H]1c1ccncc1. The first kappa shape index (κ1) is 14.0. The molecule has 0 spiro atoms. The number of aromatic nitrogens is 1. The molecule has 2 aliphatic heterocycles. The van der Waals surface area contributed by atoms with Crippen LogP contribution in [0.3, 0.4) is 0 Å². The first-order valence-corrected chi connectivity index (χ1v) is 8.76. The van der Waals surface area contributed by atoms with E-state index in [1.165, 1.54) is 0 Å². The van der Waals surface area contributed by atoms with Crippen molar-refractivity contribution in [3.05, 3.63) is 30.1 Å². The highest BCUT2D eigenvalue weighted by Crippen LogP contribution is 2.35. The van der Waals surface area contributed by atoms with Crippen molar-refractivity contribution in [3.8, 4) is 0 Å². The molecule has 5 nitrogen and oxygen atoms in total. The van der Waals surface area contributed by atoms with Gasteiger partial charge in [0, 0.05) is 32.0 Å². The maximum absolute atomic E-state index is 12.8. The second-order valence-electron chi connectivity index (χ2n) is 5.52. The minimum Gasteiger partial charge on any atom is -0.265 e. The van der Waals surface area contributed by atoms with Crippen molar-refractivity contribution in [2.75, 3.05) is 19.6 Å². The van der Waals surface area contributed by atoms with E-state index in [0.29, 0.717) is 19.6 Å². The predicted molar refractivity (Wildman–Crippen MR) is 77.3 cm³/mol. The molecule has 3 heterocycles. The van der Waals surface area contributed by atoms with Gasteiger partial charge in [-0.15, -0.1) is 0 Å². The number of hydrogen-bond donors (Lipinski definition) is 0. The molecular weight excluding hydrogens is 274 g/mol. The van der Waals surface area contributed by atoms with Crippen LogP contribution in [0.2, 0.25) is 0 Å². The Labute approximate surface area is 120 Å². The lowest BCUT2D eigenvalue weighted by Crippen LogP contribution is -2.45. The molecule has 0 radical (unpaired) electrons. The molecule has 110 valence electrons. The van der Waals surface area contributed by atoms with Crippen molar-refractivity contribution in [3.63, 3.8) is 0 Å². The molecule has 1 aromatic rings. The Kier molecular flexibility index (Phi) is 4.05. The average molecular weight is 295 g/mol. The number of pyridine rings is 1. The fourth-order valence-corrected chi connectivity index (χ4v) is 5.10. The van der Waals surface area contributed by atoms with Crippen molar-refractivity contribution < 1.29 is 8.42 Å². The van der Waals surface area contributed by atoms with Gasteiger partial charge < -0.3 is 0 Å². The van der Waals surface area contributed by atoms with Crippen LogP contribution in [-0.2, 0) is 10.2 Å². The highest BCUT2D eigenvalue weighted by atomic mass is 32.2. The van der Waals surface area contributed by atoms with E-state index in [1.807, 2.05) is 12.1 Å². The normalized spacial score (nSPS) is 25.9. The zero-order valence-corrected chi connectivity index (χ0v) is 12.4. The zero-order chi connectivity index (χ0) is 14.0. The van der Waals surface area contributed by atoms with Crippen LogP contribution in [0.5, 0.6) is 0 Å². The largest absolute Gasteiger partial charge is 0.282 e. The van der Waals surface area contributed by atoms with Gasteiger partial charge in [-0.1, -0.05) is 6.42 Å². The van der Waals surface area contributed by atoms with Gasteiger partial charge in [-0.25, -0.2) is 0 Å². The van der Waals surface area contributed by atoms with Gasteiger partial charge >= 0.3 is 0 Å².